The second kappa shape index (κ2) is 10.4. The van der Waals surface area contributed by atoms with E-state index in [-0.39, 0.29) is 30.5 Å². The van der Waals surface area contributed by atoms with Crippen LogP contribution in [0.25, 0.3) is 11.5 Å². The third-order valence-corrected chi connectivity index (χ3v) is 6.02. The van der Waals surface area contributed by atoms with Gasteiger partial charge in [-0.25, -0.2) is 13.4 Å². The number of oxazole rings is 1. The van der Waals surface area contributed by atoms with Crippen molar-refractivity contribution in [2.45, 2.75) is 39.5 Å². The number of rotatable bonds is 10. The van der Waals surface area contributed by atoms with E-state index in [9.17, 15) is 18.0 Å². The second-order valence-electron chi connectivity index (χ2n) is 8.12. The number of hydrogen-bond donors (Lipinski definition) is 2. The first-order valence-corrected chi connectivity index (χ1v) is 12.2. The molecule has 1 aromatic heterocycles. The molecule has 0 radical (unpaired) electrons. The lowest BCUT2D eigenvalue weighted by molar-refractivity contribution is -0.138. The van der Waals surface area contributed by atoms with E-state index in [0.29, 0.717) is 28.3 Å². The van der Waals surface area contributed by atoms with Crippen LogP contribution in [-0.4, -0.2) is 25.1 Å². The van der Waals surface area contributed by atoms with Gasteiger partial charge < -0.3 is 9.73 Å². The molecule has 174 valence electrons. The Morgan fingerprint density at radius 1 is 1.03 bits per heavy atom. The molecule has 0 fully saturated rings. The number of carbonyl (C=O) groups is 2. The lowest BCUT2D eigenvalue weighted by Crippen LogP contribution is -2.31. The lowest BCUT2D eigenvalue weighted by Gasteiger charge is -2.11. The predicted octanol–water partition coefficient (Wildman–Crippen LogP) is 3.82. The quantitative estimate of drug-likeness (QED) is 0.436. The summed E-state index contributed by atoms with van der Waals surface area (Å²) in [6, 6.07) is 15.7. The van der Waals surface area contributed by atoms with E-state index < -0.39 is 21.7 Å². The van der Waals surface area contributed by atoms with Crippen LogP contribution in [-0.2, 0) is 31.9 Å². The Kier molecular flexibility index (Phi) is 7.65. The van der Waals surface area contributed by atoms with Crippen molar-refractivity contribution < 1.29 is 22.4 Å². The number of amides is 1. The van der Waals surface area contributed by atoms with Gasteiger partial charge >= 0.3 is 0 Å². The molecular formula is C24H27N3O5S. The minimum atomic E-state index is -3.68. The largest absolute Gasteiger partial charge is 0.441 e. The van der Waals surface area contributed by atoms with Crippen molar-refractivity contribution in [2.75, 3.05) is 4.72 Å². The van der Waals surface area contributed by atoms with Crippen LogP contribution in [0, 0.1) is 12.8 Å². The van der Waals surface area contributed by atoms with Crippen molar-refractivity contribution in [1.29, 1.82) is 0 Å². The summed E-state index contributed by atoms with van der Waals surface area (Å²) in [6.07, 6.45) is 0.172. The Balaban J connectivity index is 1.76. The van der Waals surface area contributed by atoms with Crippen molar-refractivity contribution in [3.05, 3.63) is 71.6 Å². The Bertz CT molecular complexity index is 1230. The maximum atomic E-state index is 12.7. The number of nitrogens with one attached hydrogen (secondary N) is 2. The highest BCUT2D eigenvalue weighted by atomic mass is 32.2. The molecule has 0 atom stereocenters. The molecule has 8 nitrogen and oxygen atoms in total. The minimum absolute atomic E-state index is 0.0277. The monoisotopic (exact) mass is 469 g/mol. The highest BCUT2D eigenvalue weighted by molar-refractivity contribution is 7.91. The average molecular weight is 470 g/mol. The van der Waals surface area contributed by atoms with Gasteiger partial charge in [0.05, 0.1) is 23.5 Å². The molecule has 1 amide bonds. The molecule has 0 bridgehead atoms. The molecule has 2 N–H and O–H groups in total. The van der Waals surface area contributed by atoms with Crippen LogP contribution < -0.4 is 10.0 Å². The standard InChI is InChI=1S/C24H27N3O5S/c1-16(2)13-22(28)23(29)25-14-21-17(3)32-24(26-21)19-11-7-8-12-20(19)27-33(30,31)15-18-9-5-4-6-10-18/h4-12,16,27H,13-15H2,1-3H3,(H,25,29). The van der Waals surface area contributed by atoms with Crippen LogP contribution in [0.5, 0.6) is 0 Å². The van der Waals surface area contributed by atoms with Gasteiger partial charge in [0, 0.05) is 6.42 Å². The molecule has 0 unspecified atom stereocenters. The fraction of sp³-hybridized carbons (Fsp3) is 0.292. The average Bonchev–Trinajstić information content (AvgIpc) is 3.12. The zero-order valence-electron chi connectivity index (χ0n) is 18.8. The molecule has 1 heterocycles. The van der Waals surface area contributed by atoms with Crippen molar-refractivity contribution in [2.24, 2.45) is 5.92 Å². The van der Waals surface area contributed by atoms with Crippen LogP contribution in [0.4, 0.5) is 5.69 Å². The summed E-state index contributed by atoms with van der Waals surface area (Å²) in [7, 11) is -3.68. The van der Waals surface area contributed by atoms with Gasteiger partial charge in [-0.3, -0.25) is 14.3 Å². The van der Waals surface area contributed by atoms with Gasteiger partial charge in [0.25, 0.3) is 5.91 Å². The van der Waals surface area contributed by atoms with Gasteiger partial charge in [-0.2, -0.15) is 0 Å². The molecule has 0 aliphatic rings. The lowest BCUT2D eigenvalue weighted by atomic mass is 10.1. The van der Waals surface area contributed by atoms with E-state index in [4.69, 9.17) is 4.42 Å². The first-order valence-electron chi connectivity index (χ1n) is 10.6. The summed E-state index contributed by atoms with van der Waals surface area (Å²) in [4.78, 5) is 28.3. The van der Waals surface area contributed by atoms with Crippen molar-refractivity contribution in [1.82, 2.24) is 10.3 Å². The number of sulfonamides is 1. The van der Waals surface area contributed by atoms with E-state index in [0.717, 1.165) is 0 Å². The highest BCUT2D eigenvalue weighted by Gasteiger charge is 2.20. The van der Waals surface area contributed by atoms with E-state index in [1.165, 1.54) is 0 Å². The molecule has 0 saturated heterocycles. The van der Waals surface area contributed by atoms with Gasteiger partial charge in [0.1, 0.15) is 11.5 Å². The normalized spacial score (nSPS) is 11.4. The molecule has 9 heteroatoms. The van der Waals surface area contributed by atoms with Crippen molar-refractivity contribution in [3.8, 4) is 11.5 Å². The molecule has 0 saturated carbocycles. The number of aryl methyl sites for hydroxylation is 1. The van der Waals surface area contributed by atoms with Gasteiger partial charge in [-0.05, 0) is 30.5 Å². The van der Waals surface area contributed by atoms with Crippen LogP contribution in [0.2, 0.25) is 0 Å². The minimum Gasteiger partial charge on any atom is -0.441 e. The zero-order valence-corrected chi connectivity index (χ0v) is 19.6. The predicted molar refractivity (Wildman–Crippen MR) is 126 cm³/mol. The summed E-state index contributed by atoms with van der Waals surface area (Å²) >= 11 is 0. The molecule has 0 spiro atoms. The van der Waals surface area contributed by atoms with Gasteiger partial charge in [-0.15, -0.1) is 0 Å². The van der Waals surface area contributed by atoms with Gasteiger partial charge in [-0.1, -0.05) is 56.3 Å². The topological polar surface area (TPSA) is 118 Å². The smallest absolute Gasteiger partial charge is 0.287 e. The summed E-state index contributed by atoms with van der Waals surface area (Å²) in [5, 5.41) is 2.57. The Labute approximate surface area is 193 Å². The summed E-state index contributed by atoms with van der Waals surface area (Å²) < 4.78 is 33.8. The molecule has 33 heavy (non-hydrogen) atoms. The Hall–Kier alpha value is -3.46. The number of para-hydroxylation sites is 1. The van der Waals surface area contributed by atoms with Crippen LogP contribution >= 0.6 is 0 Å². The maximum Gasteiger partial charge on any atom is 0.287 e. The first-order chi connectivity index (χ1) is 15.6. The van der Waals surface area contributed by atoms with E-state index in [2.05, 4.69) is 15.0 Å². The third kappa shape index (κ3) is 6.76. The fourth-order valence-electron chi connectivity index (χ4n) is 3.19. The van der Waals surface area contributed by atoms with E-state index >= 15 is 0 Å². The highest BCUT2D eigenvalue weighted by Crippen LogP contribution is 2.30. The molecule has 0 aliphatic heterocycles. The second-order valence-corrected chi connectivity index (χ2v) is 9.84. The molecule has 2 aromatic carbocycles. The number of benzene rings is 2. The van der Waals surface area contributed by atoms with Crippen molar-refractivity contribution in [3.63, 3.8) is 0 Å². The van der Waals surface area contributed by atoms with E-state index in [1.54, 1.807) is 55.5 Å². The third-order valence-electron chi connectivity index (χ3n) is 4.78. The fourth-order valence-corrected chi connectivity index (χ4v) is 4.41. The number of hydrogen-bond acceptors (Lipinski definition) is 6. The molecule has 0 aliphatic carbocycles. The van der Waals surface area contributed by atoms with Crippen LogP contribution in [0.15, 0.2) is 59.0 Å². The van der Waals surface area contributed by atoms with E-state index in [1.807, 2.05) is 19.9 Å². The molecular weight excluding hydrogens is 442 g/mol. The maximum absolute atomic E-state index is 12.7. The number of carbonyl (C=O) groups excluding carboxylic acids is 2. The first kappa shape index (κ1) is 24.2. The van der Waals surface area contributed by atoms with Gasteiger partial charge in [0.2, 0.25) is 21.7 Å². The zero-order chi connectivity index (χ0) is 24.0. The molecule has 3 aromatic rings. The number of aromatic nitrogens is 1. The Morgan fingerprint density at radius 3 is 2.39 bits per heavy atom. The summed E-state index contributed by atoms with van der Waals surface area (Å²) in [5.74, 6) is -0.557. The summed E-state index contributed by atoms with van der Waals surface area (Å²) in [6.45, 7) is 5.45. The van der Waals surface area contributed by atoms with Crippen LogP contribution in [0.3, 0.4) is 0 Å². The SMILES string of the molecule is Cc1oc(-c2ccccc2NS(=O)(=O)Cc2ccccc2)nc1CNC(=O)C(=O)CC(C)C. The summed E-state index contributed by atoms with van der Waals surface area (Å²) in [5.41, 5.74) is 1.92. The molecule has 3 rings (SSSR count). The Morgan fingerprint density at radius 2 is 1.70 bits per heavy atom. The number of nitrogens with zero attached hydrogens (tertiary/aromatic N) is 1. The van der Waals surface area contributed by atoms with Crippen molar-refractivity contribution >= 4 is 27.4 Å². The number of ketones is 1. The number of Topliss-reactive ketones (excluding diaryl/α,β-unsaturated/α-hetero) is 1. The van der Waals surface area contributed by atoms with Gasteiger partial charge in [0.15, 0.2) is 0 Å². The van der Waals surface area contributed by atoms with Crippen LogP contribution in [0.1, 0.15) is 37.3 Å². The number of anilines is 1.